The van der Waals surface area contributed by atoms with Crippen LogP contribution in [0.25, 0.3) is 11.4 Å². The zero-order chi connectivity index (χ0) is 20.1. The average molecular weight is 382 g/mol. The van der Waals surface area contributed by atoms with Gasteiger partial charge in [0, 0.05) is 44.9 Å². The van der Waals surface area contributed by atoms with Crippen molar-refractivity contribution in [3.05, 3.63) is 63.8 Å². The molecule has 1 N–H and O–H groups in total. The van der Waals surface area contributed by atoms with E-state index in [2.05, 4.69) is 4.98 Å². The van der Waals surface area contributed by atoms with Crippen LogP contribution in [-0.2, 0) is 16.1 Å². The van der Waals surface area contributed by atoms with Gasteiger partial charge in [-0.3, -0.25) is 19.0 Å². The summed E-state index contributed by atoms with van der Waals surface area (Å²) in [5.41, 5.74) is -0.296. The summed E-state index contributed by atoms with van der Waals surface area (Å²) in [6.45, 7) is 0.757. The van der Waals surface area contributed by atoms with Crippen LogP contribution in [0.5, 0.6) is 0 Å². The number of hydrogen-bond donors (Lipinski definition) is 1. The number of aliphatic hydroxyl groups excluding tert-OH is 1. The van der Waals surface area contributed by atoms with Gasteiger partial charge in [-0.05, 0) is 12.8 Å². The first-order chi connectivity index (χ1) is 13.5. The van der Waals surface area contributed by atoms with Crippen LogP contribution in [0.15, 0.2) is 52.7 Å². The van der Waals surface area contributed by atoms with Gasteiger partial charge in [0.25, 0.3) is 5.56 Å². The number of hydrogen-bond acceptors (Lipinski definition) is 6. The molecule has 2 aromatic rings. The third kappa shape index (κ3) is 3.94. The van der Waals surface area contributed by atoms with Crippen LogP contribution in [-0.4, -0.2) is 39.9 Å². The number of benzene rings is 1. The van der Waals surface area contributed by atoms with Crippen molar-refractivity contribution in [3.63, 3.8) is 0 Å². The molecule has 28 heavy (non-hydrogen) atoms. The lowest BCUT2D eigenvalue weighted by Gasteiger charge is -2.16. The quantitative estimate of drug-likeness (QED) is 0.449. The smallest absolute Gasteiger partial charge is 0.265 e. The Hall–Kier alpha value is -3.06. The van der Waals surface area contributed by atoms with E-state index < -0.39 is 17.1 Å². The molecule has 0 saturated heterocycles. The molecule has 1 aromatic carbocycles. The van der Waals surface area contributed by atoms with Crippen LogP contribution >= 0.6 is 0 Å². The lowest BCUT2D eigenvalue weighted by molar-refractivity contribution is -0.116. The van der Waals surface area contributed by atoms with Crippen molar-refractivity contribution in [3.8, 4) is 11.4 Å². The number of Topliss-reactive ketones (excluding diaryl/α,β-unsaturated/α-hetero) is 2. The minimum Gasteiger partial charge on any atom is -0.511 e. The van der Waals surface area contributed by atoms with Crippen LogP contribution in [0.4, 0.5) is 0 Å². The number of aliphatic hydroxyl groups is 1. The molecule has 0 atom stereocenters. The van der Waals surface area contributed by atoms with Crippen LogP contribution in [0.3, 0.4) is 0 Å². The zero-order valence-electron chi connectivity index (χ0n) is 15.7. The van der Waals surface area contributed by atoms with Gasteiger partial charge in [0.15, 0.2) is 5.78 Å². The number of methoxy groups -OCH3 is 1. The molecule has 1 aliphatic carbocycles. The van der Waals surface area contributed by atoms with Crippen molar-refractivity contribution in [2.45, 2.75) is 32.2 Å². The van der Waals surface area contributed by atoms with Gasteiger partial charge in [-0.2, -0.15) is 0 Å². The second kappa shape index (κ2) is 8.75. The Bertz CT molecular complexity index is 976. The van der Waals surface area contributed by atoms with Gasteiger partial charge in [-0.1, -0.05) is 30.3 Å². The number of rotatable bonds is 7. The molecule has 0 fully saturated rings. The second-order valence-corrected chi connectivity index (χ2v) is 6.59. The molecule has 7 heteroatoms. The van der Waals surface area contributed by atoms with Crippen LogP contribution in [0.1, 0.15) is 36.0 Å². The topological polar surface area (TPSA) is 98.5 Å². The maximum absolute atomic E-state index is 13.1. The number of carbonyl (C=O) groups is 2. The first-order valence-corrected chi connectivity index (χ1v) is 9.18. The number of ether oxygens (including phenoxy) is 1. The Labute approximate surface area is 162 Å². The second-order valence-electron chi connectivity index (χ2n) is 6.59. The molecule has 1 aliphatic rings. The summed E-state index contributed by atoms with van der Waals surface area (Å²) in [4.78, 5) is 42.4. The van der Waals surface area contributed by atoms with Crippen molar-refractivity contribution in [1.82, 2.24) is 9.55 Å². The van der Waals surface area contributed by atoms with Gasteiger partial charge < -0.3 is 9.84 Å². The predicted octanol–water partition coefficient (Wildman–Crippen LogP) is 2.69. The van der Waals surface area contributed by atoms with E-state index in [4.69, 9.17) is 4.74 Å². The van der Waals surface area contributed by atoms with Gasteiger partial charge in [0.2, 0.25) is 5.78 Å². The zero-order valence-corrected chi connectivity index (χ0v) is 15.7. The molecule has 1 heterocycles. The van der Waals surface area contributed by atoms with Crippen molar-refractivity contribution in [2.75, 3.05) is 13.7 Å². The van der Waals surface area contributed by atoms with Gasteiger partial charge in [0.05, 0.1) is 0 Å². The van der Waals surface area contributed by atoms with Crippen molar-refractivity contribution in [1.29, 1.82) is 0 Å². The summed E-state index contributed by atoms with van der Waals surface area (Å²) in [5, 5.41) is 10.0. The first kappa shape index (κ1) is 19.7. The molecule has 0 bridgehead atoms. The monoisotopic (exact) mass is 382 g/mol. The van der Waals surface area contributed by atoms with Gasteiger partial charge >= 0.3 is 0 Å². The first-order valence-electron chi connectivity index (χ1n) is 9.18. The molecule has 0 radical (unpaired) electrons. The van der Waals surface area contributed by atoms with E-state index in [1.165, 1.54) is 10.8 Å². The summed E-state index contributed by atoms with van der Waals surface area (Å²) in [5.74, 6) is -1.02. The number of aromatic nitrogens is 2. The van der Waals surface area contributed by atoms with E-state index in [1.807, 2.05) is 30.3 Å². The van der Waals surface area contributed by atoms with E-state index in [1.54, 1.807) is 7.11 Å². The van der Waals surface area contributed by atoms with Gasteiger partial charge in [-0.15, -0.1) is 0 Å². The highest BCUT2D eigenvalue weighted by Crippen LogP contribution is 2.23. The average Bonchev–Trinajstić information content (AvgIpc) is 2.69. The largest absolute Gasteiger partial charge is 0.511 e. The Balaban J connectivity index is 2.09. The maximum atomic E-state index is 13.1. The molecule has 3 rings (SSSR count). The minimum absolute atomic E-state index is 0.183. The van der Waals surface area contributed by atoms with E-state index in [9.17, 15) is 19.5 Å². The molecule has 0 spiro atoms. The third-order valence-electron chi connectivity index (χ3n) is 4.67. The highest BCUT2D eigenvalue weighted by Gasteiger charge is 2.30. The molecular weight excluding hydrogens is 360 g/mol. The van der Waals surface area contributed by atoms with E-state index in [0.717, 1.165) is 5.56 Å². The molecule has 1 aromatic heterocycles. The summed E-state index contributed by atoms with van der Waals surface area (Å²) >= 11 is 0. The highest BCUT2D eigenvalue weighted by molar-refractivity contribution is 6.26. The summed E-state index contributed by atoms with van der Waals surface area (Å²) < 4.78 is 6.49. The third-order valence-corrected chi connectivity index (χ3v) is 4.67. The molecule has 0 unspecified atom stereocenters. The number of carbonyl (C=O) groups excluding carboxylic acids is 2. The summed E-state index contributed by atoms with van der Waals surface area (Å²) in [6.07, 6.45) is 2.69. The Morgan fingerprint density at radius 2 is 1.96 bits per heavy atom. The Morgan fingerprint density at radius 3 is 2.64 bits per heavy atom. The minimum atomic E-state index is -0.764. The van der Waals surface area contributed by atoms with Crippen LogP contribution in [0.2, 0.25) is 0 Å². The number of ketones is 2. The van der Waals surface area contributed by atoms with Gasteiger partial charge in [0.1, 0.15) is 22.7 Å². The molecule has 7 nitrogen and oxygen atoms in total. The van der Waals surface area contributed by atoms with E-state index in [-0.39, 0.29) is 29.7 Å². The lowest BCUT2D eigenvalue weighted by atomic mass is 9.91. The number of allylic oxidation sites excluding steroid dienone is 2. The predicted molar refractivity (Wildman–Crippen MR) is 103 cm³/mol. The van der Waals surface area contributed by atoms with Crippen molar-refractivity contribution < 1.29 is 19.4 Å². The fourth-order valence-corrected chi connectivity index (χ4v) is 3.26. The number of nitrogens with zero attached hydrogens (tertiary/aromatic N) is 2. The van der Waals surface area contributed by atoms with Crippen LogP contribution in [0, 0.1) is 0 Å². The maximum Gasteiger partial charge on any atom is 0.265 e. The highest BCUT2D eigenvalue weighted by atomic mass is 16.5. The van der Waals surface area contributed by atoms with E-state index >= 15 is 0 Å². The summed E-state index contributed by atoms with van der Waals surface area (Å²) in [7, 11) is 1.57. The summed E-state index contributed by atoms with van der Waals surface area (Å²) in [6, 6.07) is 9.19. The molecule has 0 aliphatic heterocycles. The fourth-order valence-electron chi connectivity index (χ4n) is 3.26. The van der Waals surface area contributed by atoms with Gasteiger partial charge in [-0.25, -0.2) is 4.98 Å². The Morgan fingerprint density at radius 1 is 1.21 bits per heavy atom. The SMILES string of the molecule is COCCCn1c(-c2ccccc2)ncc(C(=O)C2=C(O)CCCC2=O)c1=O. The fraction of sp³-hybridized carbons (Fsp3) is 0.333. The lowest BCUT2D eigenvalue weighted by Crippen LogP contribution is -2.31. The van der Waals surface area contributed by atoms with Crippen molar-refractivity contribution in [2.24, 2.45) is 0 Å². The molecule has 0 saturated carbocycles. The molecule has 0 amide bonds. The van der Waals surface area contributed by atoms with E-state index in [0.29, 0.717) is 31.8 Å². The molecular formula is C21H22N2O5. The van der Waals surface area contributed by atoms with Crippen LogP contribution < -0.4 is 5.56 Å². The molecule has 146 valence electrons. The standard InChI is InChI=1S/C21H22N2O5/c1-28-12-6-11-23-20(14-7-3-2-4-8-14)22-13-15(21(23)27)19(26)18-16(24)9-5-10-17(18)25/h2-4,7-8,13,24H,5-6,9-12H2,1H3. The van der Waals surface area contributed by atoms with Crippen molar-refractivity contribution >= 4 is 11.6 Å². The Kier molecular flexibility index (Phi) is 6.16. The normalized spacial score (nSPS) is 14.4.